The SMILES string of the molecule is C=CCNC(=O)c1cnc(N/C(C=NC)=C/N)nc1Nc1cccc(OC2CC3CCCC(C2)N3C)n1. The van der Waals surface area contributed by atoms with Crippen LogP contribution in [0.15, 0.2) is 53.9 Å². The van der Waals surface area contributed by atoms with Crippen molar-refractivity contribution in [3.63, 3.8) is 0 Å². The second-order valence-electron chi connectivity index (χ2n) is 9.19. The summed E-state index contributed by atoms with van der Waals surface area (Å²) in [5.41, 5.74) is 6.41. The Labute approximate surface area is 217 Å². The van der Waals surface area contributed by atoms with E-state index in [1.54, 1.807) is 25.4 Å². The number of aliphatic imine (C=N–C) groups is 1. The summed E-state index contributed by atoms with van der Waals surface area (Å²) in [4.78, 5) is 32.6. The number of fused-ring (bicyclic) bond motifs is 2. The predicted molar refractivity (Wildman–Crippen MR) is 145 cm³/mol. The van der Waals surface area contributed by atoms with Gasteiger partial charge in [0.15, 0.2) is 0 Å². The number of aromatic nitrogens is 3. The van der Waals surface area contributed by atoms with Crippen molar-refractivity contribution in [1.82, 2.24) is 25.2 Å². The average Bonchev–Trinajstić information content (AvgIpc) is 2.88. The molecule has 0 radical (unpaired) electrons. The average molecular weight is 506 g/mol. The summed E-state index contributed by atoms with van der Waals surface area (Å²) in [6.07, 6.45) is 11.8. The normalized spacial score (nSPS) is 21.9. The van der Waals surface area contributed by atoms with Crippen molar-refractivity contribution >= 4 is 29.7 Å². The Morgan fingerprint density at radius 2 is 2.08 bits per heavy atom. The lowest BCUT2D eigenvalue weighted by Gasteiger charge is -2.46. The maximum atomic E-state index is 12.8. The molecule has 5 N–H and O–H groups in total. The highest BCUT2D eigenvalue weighted by atomic mass is 16.5. The standard InChI is InChI=1S/C26H35N9O2/c1-4-11-29-25(36)21-16-30-26(31-17(14-27)15-28-2)34-24(21)33-22-9-6-10-23(32-22)37-20-12-18-7-5-8-19(13-20)35(18)3/h4,6,9-10,14-16,18-20H,1,5,7-8,11-13,27H2,2-3H3,(H,29,36)(H2,30,31,32,33,34)/b17-14+,28-15?. The van der Waals surface area contributed by atoms with Crippen LogP contribution in [-0.2, 0) is 0 Å². The van der Waals surface area contributed by atoms with Crippen molar-refractivity contribution in [3.05, 3.63) is 54.5 Å². The number of carbonyl (C=O) groups excluding carboxylic acids is 1. The Kier molecular flexibility index (Phi) is 8.68. The number of nitrogens with zero attached hydrogens (tertiary/aromatic N) is 5. The molecule has 2 unspecified atom stereocenters. The summed E-state index contributed by atoms with van der Waals surface area (Å²) in [7, 11) is 3.85. The Balaban J connectivity index is 1.53. The molecule has 4 heterocycles. The van der Waals surface area contributed by atoms with E-state index in [2.05, 4.69) is 54.4 Å². The molecule has 0 saturated carbocycles. The number of nitrogens with two attached hydrogens (primary N) is 1. The number of carbonyl (C=O) groups is 1. The molecule has 1 amide bonds. The summed E-state index contributed by atoms with van der Waals surface area (Å²) >= 11 is 0. The predicted octanol–water partition coefficient (Wildman–Crippen LogP) is 2.84. The number of allylic oxidation sites excluding steroid dienone is 1. The van der Waals surface area contributed by atoms with Crippen molar-refractivity contribution in [2.45, 2.75) is 50.3 Å². The third-order valence-electron chi connectivity index (χ3n) is 6.70. The number of amides is 1. The van der Waals surface area contributed by atoms with Gasteiger partial charge >= 0.3 is 0 Å². The van der Waals surface area contributed by atoms with Crippen LogP contribution >= 0.6 is 0 Å². The minimum atomic E-state index is -0.344. The van der Waals surface area contributed by atoms with Gasteiger partial charge in [-0.15, -0.1) is 6.58 Å². The van der Waals surface area contributed by atoms with Crippen molar-refractivity contribution in [1.29, 1.82) is 0 Å². The number of rotatable bonds is 10. The second-order valence-corrected chi connectivity index (χ2v) is 9.19. The molecule has 2 fully saturated rings. The van der Waals surface area contributed by atoms with Crippen LogP contribution in [-0.4, -0.2) is 70.8 Å². The van der Waals surface area contributed by atoms with E-state index in [9.17, 15) is 4.79 Å². The first kappa shape index (κ1) is 26.1. The lowest BCUT2D eigenvalue weighted by Crippen LogP contribution is -2.52. The van der Waals surface area contributed by atoms with E-state index in [0.29, 0.717) is 36.0 Å². The van der Waals surface area contributed by atoms with E-state index in [-0.39, 0.29) is 29.3 Å². The Morgan fingerprint density at radius 1 is 1.30 bits per heavy atom. The van der Waals surface area contributed by atoms with Crippen LogP contribution in [0.4, 0.5) is 17.6 Å². The van der Waals surface area contributed by atoms with Gasteiger partial charge < -0.3 is 31.3 Å². The fraction of sp³-hybridized carbons (Fsp3) is 0.423. The zero-order valence-electron chi connectivity index (χ0n) is 21.4. The van der Waals surface area contributed by atoms with Gasteiger partial charge in [0.25, 0.3) is 5.91 Å². The highest BCUT2D eigenvalue weighted by molar-refractivity contribution is 5.99. The molecule has 2 aromatic heterocycles. The van der Waals surface area contributed by atoms with Crippen LogP contribution in [0.1, 0.15) is 42.5 Å². The van der Waals surface area contributed by atoms with E-state index in [1.165, 1.54) is 31.7 Å². The van der Waals surface area contributed by atoms with E-state index in [1.807, 2.05) is 12.1 Å². The molecule has 2 saturated heterocycles. The molecule has 0 aliphatic carbocycles. The van der Waals surface area contributed by atoms with E-state index >= 15 is 0 Å². The second kappa shape index (κ2) is 12.3. The molecule has 2 aromatic rings. The molecule has 4 rings (SSSR count). The van der Waals surface area contributed by atoms with Gasteiger partial charge in [0.05, 0.1) is 5.70 Å². The van der Waals surface area contributed by atoms with Crippen LogP contribution in [0.2, 0.25) is 0 Å². The summed E-state index contributed by atoms with van der Waals surface area (Å²) in [6, 6.07) is 6.64. The van der Waals surface area contributed by atoms with Gasteiger partial charge in [0, 0.05) is 50.4 Å². The fourth-order valence-corrected chi connectivity index (χ4v) is 4.85. The van der Waals surface area contributed by atoms with Crippen LogP contribution in [0.3, 0.4) is 0 Å². The molecular formula is C26H35N9O2. The van der Waals surface area contributed by atoms with Crippen molar-refractivity contribution in [2.75, 3.05) is 31.3 Å². The number of pyridine rings is 1. The van der Waals surface area contributed by atoms with Gasteiger partial charge in [-0.25, -0.2) is 4.98 Å². The van der Waals surface area contributed by atoms with E-state index in [0.717, 1.165) is 12.8 Å². The topological polar surface area (TPSA) is 143 Å². The molecule has 196 valence electrons. The smallest absolute Gasteiger partial charge is 0.256 e. The first-order chi connectivity index (χ1) is 18.0. The third-order valence-corrected chi connectivity index (χ3v) is 6.70. The fourth-order valence-electron chi connectivity index (χ4n) is 4.85. The minimum Gasteiger partial charge on any atom is -0.474 e. The van der Waals surface area contributed by atoms with Gasteiger partial charge in [-0.05, 0) is 38.8 Å². The van der Waals surface area contributed by atoms with Crippen LogP contribution in [0.5, 0.6) is 5.88 Å². The maximum Gasteiger partial charge on any atom is 0.256 e. The van der Waals surface area contributed by atoms with Crippen LogP contribution in [0.25, 0.3) is 0 Å². The van der Waals surface area contributed by atoms with Crippen LogP contribution in [0, 0.1) is 0 Å². The van der Waals surface area contributed by atoms with Crippen molar-refractivity contribution < 1.29 is 9.53 Å². The summed E-state index contributed by atoms with van der Waals surface area (Å²) in [5, 5.41) is 8.89. The van der Waals surface area contributed by atoms with Crippen molar-refractivity contribution in [3.8, 4) is 5.88 Å². The lowest BCUT2D eigenvalue weighted by molar-refractivity contribution is -0.00137. The number of piperidine rings is 2. The van der Waals surface area contributed by atoms with Gasteiger partial charge in [-0.1, -0.05) is 18.6 Å². The first-order valence-corrected chi connectivity index (χ1v) is 12.5. The van der Waals surface area contributed by atoms with Gasteiger partial charge in [0.1, 0.15) is 23.3 Å². The van der Waals surface area contributed by atoms with Gasteiger partial charge in [0.2, 0.25) is 11.8 Å². The summed E-state index contributed by atoms with van der Waals surface area (Å²) in [5.74, 6) is 1.21. The summed E-state index contributed by atoms with van der Waals surface area (Å²) < 4.78 is 6.32. The molecule has 11 heteroatoms. The molecule has 2 aliphatic rings. The van der Waals surface area contributed by atoms with Crippen LogP contribution < -0.4 is 26.4 Å². The molecule has 37 heavy (non-hydrogen) atoms. The number of nitrogens with one attached hydrogen (secondary N) is 3. The minimum absolute atomic E-state index is 0.131. The zero-order chi connectivity index (χ0) is 26.2. The zero-order valence-corrected chi connectivity index (χ0v) is 21.4. The molecule has 0 spiro atoms. The Hall–Kier alpha value is -3.99. The number of hydrogen-bond donors (Lipinski definition) is 4. The van der Waals surface area contributed by atoms with E-state index < -0.39 is 0 Å². The van der Waals surface area contributed by atoms with Gasteiger partial charge in [-0.3, -0.25) is 9.79 Å². The molecule has 2 aliphatic heterocycles. The Bertz CT molecular complexity index is 1150. The quantitative estimate of drug-likeness (QED) is 0.283. The summed E-state index contributed by atoms with van der Waals surface area (Å²) in [6.45, 7) is 3.95. The van der Waals surface area contributed by atoms with E-state index in [4.69, 9.17) is 10.5 Å². The molecule has 11 nitrogen and oxygen atoms in total. The number of hydrogen-bond acceptors (Lipinski definition) is 10. The number of ether oxygens (including phenoxy) is 1. The Morgan fingerprint density at radius 3 is 2.78 bits per heavy atom. The monoisotopic (exact) mass is 505 g/mol. The highest BCUT2D eigenvalue weighted by Crippen LogP contribution is 2.34. The largest absolute Gasteiger partial charge is 0.474 e. The van der Waals surface area contributed by atoms with Crippen molar-refractivity contribution in [2.24, 2.45) is 10.7 Å². The highest BCUT2D eigenvalue weighted by Gasteiger charge is 2.37. The first-order valence-electron chi connectivity index (χ1n) is 12.5. The third kappa shape index (κ3) is 6.62. The molecule has 0 aromatic carbocycles. The maximum absolute atomic E-state index is 12.8. The molecule has 2 bridgehead atoms. The molecular weight excluding hydrogens is 470 g/mol. The van der Waals surface area contributed by atoms with Gasteiger partial charge in [-0.2, -0.15) is 9.97 Å². The molecule has 2 atom stereocenters. The lowest BCUT2D eigenvalue weighted by atomic mass is 9.83. The number of anilines is 3.